The van der Waals surface area contributed by atoms with E-state index in [-0.39, 0.29) is 0 Å². The van der Waals surface area contributed by atoms with Crippen molar-refractivity contribution < 1.29 is 9.90 Å². The monoisotopic (exact) mass is 259 g/mol. The Balaban J connectivity index is 2.28. The molecule has 0 saturated heterocycles. The summed E-state index contributed by atoms with van der Waals surface area (Å²) in [6.45, 7) is 3.12. The minimum absolute atomic E-state index is 0.601. The summed E-state index contributed by atoms with van der Waals surface area (Å²) in [5, 5.41) is 8.77. The van der Waals surface area contributed by atoms with E-state index in [1.165, 1.54) is 31.8 Å². The highest BCUT2D eigenvalue weighted by molar-refractivity contribution is 5.87. The van der Waals surface area contributed by atoms with Gasteiger partial charge in [0.25, 0.3) is 0 Å². The number of nitrogens with zero attached hydrogens (tertiary/aromatic N) is 1. The molecule has 0 aliphatic heterocycles. The second-order valence-electron chi connectivity index (χ2n) is 4.95. The first-order chi connectivity index (χ1) is 9.22. The van der Waals surface area contributed by atoms with E-state index < -0.39 is 5.97 Å². The van der Waals surface area contributed by atoms with Gasteiger partial charge in [-0.05, 0) is 37.5 Å². The van der Waals surface area contributed by atoms with Gasteiger partial charge in [0.1, 0.15) is 0 Å². The van der Waals surface area contributed by atoms with Gasteiger partial charge in [-0.3, -0.25) is 0 Å². The van der Waals surface area contributed by atoms with Crippen molar-refractivity contribution in [3.8, 4) is 0 Å². The lowest BCUT2D eigenvalue weighted by molar-refractivity contribution is -0.131. The van der Waals surface area contributed by atoms with Gasteiger partial charge < -0.3 is 10.0 Å². The largest absolute Gasteiger partial charge is 0.478 e. The van der Waals surface area contributed by atoms with Crippen LogP contribution >= 0.6 is 0 Å². The van der Waals surface area contributed by atoms with Crippen LogP contribution in [0.15, 0.2) is 30.3 Å². The van der Waals surface area contributed by atoms with Crippen LogP contribution in [0.1, 0.15) is 38.2 Å². The van der Waals surface area contributed by atoms with E-state index in [4.69, 9.17) is 5.11 Å². The Hall–Kier alpha value is -1.77. The molecule has 0 aromatic heterocycles. The molecule has 1 aromatic carbocycles. The predicted molar refractivity (Wildman–Crippen MR) is 78.4 cm³/mol. The number of anilines is 1. The minimum atomic E-state index is -0.904. The number of hydrogen-bond donors (Lipinski definition) is 1. The van der Waals surface area contributed by atoms with E-state index >= 15 is 0 Å². The molecule has 0 radical (unpaired) electrons. The van der Waals surface area contributed by atoms with Gasteiger partial charge in [-0.25, -0.2) is 4.79 Å². The number of carbonyl (C=O) groups is 1. The van der Waals surface area contributed by atoms with Gasteiger partial charge in [0.15, 0.2) is 0 Å². The molecule has 2 rings (SSSR count). The Morgan fingerprint density at radius 1 is 1.37 bits per heavy atom. The first-order valence-electron chi connectivity index (χ1n) is 6.99. The summed E-state index contributed by atoms with van der Waals surface area (Å²) in [5.41, 5.74) is 2.13. The highest BCUT2D eigenvalue weighted by atomic mass is 16.4. The SMILES string of the molecule is CCN(c1ccccc1/C=C/C(=O)O)C1CCCC1. The van der Waals surface area contributed by atoms with Gasteiger partial charge in [0.05, 0.1) is 0 Å². The van der Waals surface area contributed by atoms with Crippen molar-refractivity contribution in [1.29, 1.82) is 0 Å². The van der Waals surface area contributed by atoms with E-state index in [2.05, 4.69) is 17.9 Å². The van der Waals surface area contributed by atoms with Crippen LogP contribution in [0.4, 0.5) is 5.69 Å². The van der Waals surface area contributed by atoms with Gasteiger partial charge >= 0.3 is 5.97 Å². The summed E-state index contributed by atoms with van der Waals surface area (Å²) >= 11 is 0. The summed E-state index contributed by atoms with van der Waals surface area (Å²) in [5.74, 6) is -0.904. The molecule has 1 aliphatic carbocycles. The zero-order valence-electron chi connectivity index (χ0n) is 11.4. The minimum Gasteiger partial charge on any atom is -0.478 e. The summed E-state index contributed by atoms with van der Waals surface area (Å²) in [6.07, 6.45) is 7.98. The Morgan fingerprint density at radius 3 is 2.68 bits per heavy atom. The lowest BCUT2D eigenvalue weighted by Crippen LogP contribution is -2.33. The Bertz CT molecular complexity index is 462. The zero-order valence-corrected chi connectivity index (χ0v) is 11.4. The molecule has 0 spiro atoms. The Morgan fingerprint density at radius 2 is 2.05 bits per heavy atom. The third-order valence-corrected chi connectivity index (χ3v) is 3.76. The zero-order chi connectivity index (χ0) is 13.7. The highest BCUT2D eigenvalue weighted by Gasteiger charge is 2.22. The molecule has 19 heavy (non-hydrogen) atoms. The highest BCUT2D eigenvalue weighted by Crippen LogP contribution is 2.30. The number of hydrogen-bond acceptors (Lipinski definition) is 2. The van der Waals surface area contributed by atoms with E-state index in [1.807, 2.05) is 18.2 Å². The van der Waals surface area contributed by atoms with Crippen molar-refractivity contribution in [2.45, 2.75) is 38.6 Å². The molecule has 0 unspecified atom stereocenters. The van der Waals surface area contributed by atoms with Crippen molar-refractivity contribution in [1.82, 2.24) is 0 Å². The lowest BCUT2D eigenvalue weighted by atomic mass is 10.1. The van der Waals surface area contributed by atoms with Crippen LogP contribution in [0.2, 0.25) is 0 Å². The fraction of sp³-hybridized carbons (Fsp3) is 0.438. The van der Waals surface area contributed by atoms with Crippen molar-refractivity contribution in [2.75, 3.05) is 11.4 Å². The Kier molecular flexibility index (Phi) is 4.61. The van der Waals surface area contributed by atoms with Crippen LogP contribution < -0.4 is 4.90 Å². The second-order valence-corrected chi connectivity index (χ2v) is 4.95. The number of benzene rings is 1. The van der Waals surface area contributed by atoms with E-state index in [1.54, 1.807) is 6.08 Å². The molecule has 1 aromatic rings. The molecule has 0 bridgehead atoms. The summed E-state index contributed by atoms with van der Waals surface area (Å²) in [4.78, 5) is 13.1. The van der Waals surface area contributed by atoms with Crippen LogP contribution in [0, 0.1) is 0 Å². The first-order valence-corrected chi connectivity index (χ1v) is 6.99. The quantitative estimate of drug-likeness (QED) is 0.822. The maximum atomic E-state index is 10.7. The summed E-state index contributed by atoms with van der Waals surface area (Å²) in [7, 11) is 0. The third kappa shape index (κ3) is 3.37. The number of carboxylic acids is 1. The molecule has 0 heterocycles. The molecule has 0 amide bonds. The molecule has 1 saturated carbocycles. The molecule has 3 heteroatoms. The van der Waals surface area contributed by atoms with Crippen LogP contribution in [0.25, 0.3) is 6.08 Å². The number of para-hydroxylation sites is 1. The lowest BCUT2D eigenvalue weighted by Gasteiger charge is -2.31. The Labute approximate surface area is 114 Å². The standard InChI is InChI=1S/C16H21NO2/c1-2-17(14-8-4-5-9-14)15-10-6-3-7-13(15)11-12-16(18)19/h3,6-7,10-12,14H,2,4-5,8-9H2,1H3,(H,18,19)/b12-11+. The van der Waals surface area contributed by atoms with E-state index in [0.29, 0.717) is 6.04 Å². The van der Waals surface area contributed by atoms with Crippen LogP contribution in [-0.2, 0) is 4.79 Å². The predicted octanol–water partition coefficient (Wildman–Crippen LogP) is 3.55. The van der Waals surface area contributed by atoms with Crippen LogP contribution in [0.3, 0.4) is 0 Å². The van der Waals surface area contributed by atoms with Gasteiger partial charge in [-0.2, -0.15) is 0 Å². The second kappa shape index (κ2) is 6.41. The normalized spacial score (nSPS) is 16.1. The number of rotatable bonds is 5. The van der Waals surface area contributed by atoms with Gasteiger partial charge in [0.2, 0.25) is 0 Å². The van der Waals surface area contributed by atoms with Crippen molar-refractivity contribution in [3.63, 3.8) is 0 Å². The summed E-state index contributed by atoms with van der Waals surface area (Å²) in [6, 6.07) is 8.64. The fourth-order valence-corrected chi connectivity index (χ4v) is 2.89. The van der Waals surface area contributed by atoms with Gasteiger partial charge in [0, 0.05) is 24.4 Å². The average Bonchev–Trinajstić information content (AvgIpc) is 2.92. The van der Waals surface area contributed by atoms with Crippen LogP contribution in [-0.4, -0.2) is 23.7 Å². The van der Waals surface area contributed by atoms with Crippen molar-refractivity contribution >= 4 is 17.7 Å². The molecule has 1 N–H and O–H groups in total. The van der Waals surface area contributed by atoms with E-state index in [9.17, 15) is 4.79 Å². The number of carboxylic acid groups (broad SMARTS) is 1. The topological polar surface area (TPSA) is 40.5 Å². The third-order valence-electron chi connectivity index (χ3n) is 3.76. The fourth-order valence-electron chi connectivity index (χ4n) is 2.89. The maximum Gasteiger partial charge on any atom is 0.328 e. The molecular weight excluding hydrogens is 238 g/mol. The van der Waals surface area contributed by atoms with Gasteiger partial charge in [-0.1, -0.05) is 31.0 Å². The molecule has 102 valence electrons. The van der Waals surface area contributed by atoms with Gasteiger partial charge in [-0.15, -0.1) is 0 Å². The molecule has 0 atom stereocenters. The molecule has 1 fully saturated rings. The first kappa shape index (κ1) is 13.7. The molecule has 1 aliphatic rings. The smallest absolute Gasteiger partial charge is 0.328 e. The van der Waals surface area contributed by atoms with Crippen LogP contribution in [0.5, 0.6) is 0 Å². The van der Waals surface area contributed by atoms with E-state index in [0.717, 1.165) is 17.8 Å². The molecular formula is C16H21NO2. The summed E-state index contributed by atoms with van der Waals surface area (Å²) < 4.78 is 0. The average molecular weight is 259 g/mol. The molecule has 3 nitrogen and oxygen atoms in total. The maximum absolute atomic E-state index is 10.7. The van der Waals surface area contributed by atoms with Crippen molar-refractivity contribution in [2.24, 2.45) is 0 Å². The number of aliphatic carboxylic acids is 1. The van der Waals surface area contributed by atoms with Crippen molar-refractivity contribution in [3.05, 3.63) is 35.9 Å².